The first kappa shape index (κ1) is 14.9. The minimum atomic E-state index is -0.371. The molecule has 0 saturated heterocycles. The van der Waals surface area contributed by atoms with E-state index in [4.69, 9.17) is 18.0 Å². The normalized spacial score (nSPS) is 10.1. The molecule has 108 valence electrons. The fourth-order valence-electron chi connectivity index (χ4n) is 1.84. The summed E-state index contributed by atoms with van der Waals surface area (Å²) in [5.41, 5.74) is 7.12. The zero-order valence-electron chi connectivity index (χ0n) is 11.5. The Hall–Kier alpha value is -2.47. The average Bonchev–Trinajstić information content (AvgIpc) is 2.43. The van der Waals surface area contributed by atoms with Crippen molar-refractivity contribution in [2.24, 2.45) is 5.73 Å². The molecule has 0 saturated carbocycles. The van der Waals surface area contributed by atoms with E-state index in [0.717, 1.165) is 5.56 Å². The monoisotopic (exact) mass is 301 g/mol. The van der Waals surface area contributed by atoms with E-state index in [9.17, 15) is 9.59 Å². The number of pyridine rings is 1. The summed E-state index contributed by atoms with van der Waals surface area (Å²) in [7, 11) is 0. The van der Waals surface area contributed by atoms with Gasteiger partial charge in [-0.05, 0) is 31.2 Å². The van der Waals surface area contributed by atoms with E-state index >= 15 is 0 Å². The van der Waals surface area contributed by atoms with Gasteiger partial charge in [0.15, 0.2) is 0 Å². The second kappa shape index (κ2) is 6.32. The number of nitrogens with two attached hydrogens (primary N) is 1. The molecular weight excluding hydrogens is 286 g/mol. The first-order valence-corrected chi connectivity index (χ1v) is 6.74. The number of thiocarbonyl (C=S) groups is 1. The SMILES string of the molecule is Cc1ccc(NC(=O)Cn2cccc(C(N)=S)c2=O)cc1. The standard InChI is InChI=1S/C15H15N3O2S/c1-10-4-6-11(7-5-10)17-13(19)9-18-8-2-3-12(14(16)21)15(18)20/h2-8H,9H2,1H3,(H2,16,21)(H,17,19). The Labute approximate surface area is 127 Å². The minimum Gasteiger partial charge on any atom is -0.389 e. The molecule has 1 aromatic heterocycles. The van der Waals surface area contributed by atoms with Crippen LogP contribution >= 0.6 is 12.2 Å². The molecule has 1 amide bonds. The van der Waals surface area contributed by atoms with E-state index in [0.29, 0.717) is 5.69 Å². The lowest BCUT2D eigenvalue weighted by molar-refractivity contribution is -0.116. The van der Waals surface area contributed by atoms with Crippen LogP contribution in [0.1, 0.15) is 11.1 Å². The highest BCUT2D eigenvalue weighted by atomic mass is 32.1. The molecule has 2 rings (SSSR count). The zero-order valence-corrected chi connectivity index (χ0v) is 12.3. The van der Waals surface area contributed by atoms with Gasteiger partial charge in [0.2, 0.25) is 5.91 Å². The van der Waals surface area contributed by atoms with Gasteiger partial charge in [-0.2, -0.15) is 0 Å². The van der Waals surface area contributed by atoms with Crippen LogP contribution in [-0.2, 0) is 11.3 Å². The fourth-order valence-corrected chi connectivity index (χ4v) is 2.00. The lowest BCUT2D eigenvalue weighted by Gasteiger charge is -2.08. The number of carbonyl (C=O) groups excluding carboxylic acids is 1. The average molecular weight is 301 g/mol. The van der Waals surface area contributed by atoms with Gasteiger partial charge < -0.3 is 15.6 Å². The lowest BCUT2D eigenvalue weighted by atomic mass is 10.2. The van der Waals surface area contributed by atoms with Gasteiger partial charge in [-0.25, -0.2) is 0 Å². The van der Waals surface area contributed by atoms with Crippen LogP contribution in [0.4, 0.5) is 5.69 Å². The molecule has 2 aromatic rings. The molecule has 6 heteroatoms. The highest BCUT2D eigenvalue weighted by Crippen LogP contribution is 2.08. The van der Waals surface area contributed by atoms with Crippen LogP contribution in [0, 0.1) is 6.92 Å². The molecule has 0 aliphatic rings. The van der Waals surface area contributed by atoms with E-state index in [1.54, 1.807) is 24.3 Å². The van der Waals surface area contributed by atoms with Gasteiger partial charge in [-0.3, -0.25) is 9.59 Å². The van der Waals surface area contributed by atoms with Crippen molar-refractivity contribution >= 4 is 28.8 Å². The summed E-state index contributed by atoms with van der Waals surface area (Å²) in [4.78, 5) is 24.0. The van der Waals surface area contributed by atoms with Gasteiger partial charge in [0.25, 0.3) is 5.56 Å². The summed E-state index contributed by atoms with van der Waals surface area (Å²) in [6.07, 6.45) is 1.53. The molecule has 1 heterocycles. The van der Waals surface area contributed by atoms with Crippen LogP contribution in [-0.4, -0.2) is 15.5 Å². The molecule has 0 aliphatic heterocycles. The third kappa shape index (κ3) is 3.76. The van der Waals surface area contributed by atoms with E-state index in [-0.39, 0.29) is 28.6 Å². The molecule has 0 radical (unpaired) electrons. The molecule has 1 aromatic carbocycles. The summed E-state index contributed by atoms with van der Waals surface area (Å²) in [5.74, 6) is -0.291. The molecule has 0 unspecified atom stereocenters. The highest BCUT2D eigenvalue weighted by Gasteiger charge is 2.09. The molecule has 5 nitrogen and oxygen atoms in total. The number of amides is 1. The van der Waals surface area contributed by atoms with Gasteiger partial charge in [0.1, 0.15) is 11.5 Å². The smallest absolute Gasteiger partial charge is 0.261 e. The molecule has 0 atom stereocenters. The third-order valence-electron chi connectivity index (χ3n) is 2.93. The van der Waals surface area contributed by atoms with Crippen molar-refractivity contribution in [2.75, 3.05) is 5.32 Å². The van der Waals surface area contributed by atoms with E-state index in [1.807, 2.05) is 19.1 Å². The van der Waals surface area contributed by atoms with Gasteiger partial charge in [-0.1, -0.05) is 29.9 Å². The number of aryl methyl sites for hydroxylation is 1. The molecular formula is C15H15N3O2S. The minimum absolute atomic E-state index is 0.0216. The molecule has 0 spiro atoms. The van der Waals surface area contributed by atoms with Crippen molar-refractivity contribution in [3.8, 4) is 0 Å². The second-order valence-electron chi connectivity index (χ2n) is 4.63. The topological polar surface area (TPSA) is 77.1 Å². The van der Waals surface area contributed by atoms with Gasteiger partial charge in [-0.15, -0.1) is 0 Å². The Balaban J connectivity index is 2.13. The lowest BCUT2D eigenvalue weighted by Crippen LogP contribution is -2.32. The Morgan fingerprint density at radius 2 is 1.95 bits per heavy atom. The fraction of sp³-hybridized carbons (Fsp3) is 0.133. The molecule has 3 N–H and O–H groups in total. The number of nitrogens with one attached hydrogen (secondary N) is 1. The maximum Gasteiger partial charge on any atom is 0.261 e. The molecule has 21 heavy (non-hydrogen) atoms. The van der Waals surface area contributed by atoms with Crippen LogP contribution in [0.3, 0.4) is 0 Å². The first-order valence-electron chi connectivity index (χ1n) is 6.33. The zero-order chi connectivity index (χ0) is 15.4. The number of rotatable bonds is 4. The number of carbonyl (C=O) groups is 1. The quantitative estimate of drug-likeness (QED) is 0.838. The van der Waals surface area contributed by atoms with Crippen LogP contribution < -0.4 is 16.6 Å². The van der Waals surface area contributed by atoms with Crippen LogP contribution in [0.5, 0.6) is 0 Å². The number of hydrogen-bond donors (Lipinski definition) is 2. The summed E-state index contributed by atoms with van der Waals surface area (Å²) in [6.45, 7) is 1.87. The number of anilines is 1. The maximum atomic E-state index is 12.1. The summed E-state index contributed by atoms with van der Waals surface area (Å²) < 4.78 is 1.28. The van der Waals surface area contributed by atoms with E-state index in [2.05, 4.69) is 5.32 Å². The van der Waals surface area contributed by atoms with Crippen molar-refractivity contribution in [1.29, 1.82) is 0 Å². The molecule has 0 aliphatic carbocycles. The van der Waals surface area contributed by atoms with Gasteiger partial charge in [0, 0.05) is 11.9 Å². The van der Waals surface area contributed by atoms with Crippen LogP contribution in [0.2, 0.25) is 0 Å². The van der Waals surface area contributed by atoms with Crippen molar-refractivity contribution in [3.63, 3.8) is 0 Å². The molecule has 0 bridgehead atoms. The largest absolute Gasteiger partial charge is 0.389 e. The van der Waals surface area contributed by atoms with Crippen molar-refractivity contribution in [1.82, 2.24) is 4.57 Å². The van der Waals surface area contributed by atoms with Gasteiger partial charge >= 0.3 is 0 Å². The predicted octanol–water partition coefficient (Wildman–Crippen LogP) is 1.43. The third-order valence-corrected chi connectivity index (χ3v) is 3.15. The molecule has 0 fully saturated rings. The van der Waals surface area contributed by atoms with E-state index < -0.39 is 0 Å². The van der Waals surface area contributed by atoms with Crippen LogP contribution in [0.25, 0.3) is 0 Å². The first-order chi connectivity index (χ1) is 9.97. The van der Waals surface area contributed by atoms with Crippen molar-refractivity contribution < 1.29 is 4.79 Å². The highest BCUT2D eigenvalue weighted by molar-refractivity contribution is 7.80. The van der Waals surface area contributed by atoms with Crippen LogP contribution in [0.15, 0.2) is 47.4 Å². The Kier molecular flexibility index (Phi) is 4.49. The number of benzene rings is 1. The Morgan fingerprint density at radius 3 is 2.57 bits per heavy atom. The summed E-state index contributed by atoms with van der Waals surface area (Å²) in [6, 6.07) is 10.6. The second-order valence-corrected chi connectivity index (χ2v) is 5.07. The Bertz CT molecular complexity index is 735. The van der Waals surface area contributed by atoms with Crippen molar-refractivity contribution in [3.05, 3.63) is 64.1 Å². The number of aromatic nitrogens is 1. The Morgan fingerprint density at radius 1 is 1.29 bits per heavy atom. The van der Waals surface area contributed by atoms with E-state index in [1.165, 1.54) is 10.8 Å². The number of hydrogen-bond acceptors (Lipinski definition) is 3. The maximum absolute atomic E-state index is 12.1. The van der Waals surface area contributed by atoms with Gasteiger partial charge in [0.05, 0.1) is 5.56 Å². The summed E-state index contributed by atoms with van der Waals surface area (Å²) in [5, 5.41) is 2.73. The summed E-state index contributed by atoms with van der Waals surface area (Å²) >= 11 is 4.80. The van der Waals surface area contributed by atoms with Crippen molar-refractivity contribution in [2.45, 2.75) is 13.5 Å². The number of nitrogens with zero attached hydrogens (tertiary/aromatic N) is 1. The predicted molar refractivity (Wildman–Crippen MR) is 86.4 cm³/mol.